The molecular formula is C18H22BrClN3O4P. The number of nitrogens with one attached hydrogen (secondary N) is 1. The minimum atomic E-state index is -2.66. The van der Waals surface area contributed by atoms with Crippen LogP contribution in [0.25, 0.3) is 10.9 Å². The monoisotopic (exact) mass is 489 g/mol. The largest absolute Gasteiger partial charge is 0.324 e. The van der Waals surface area contributed by atoms with Crippen LogP contribution in [0.2, 0.25) is 5.02 Å². The summed E-state index contributed by atoms with van der Waals surface area (Å²) in [4.78, 5) is 29.6. The van der Waals surface area contributed by atoms with Crippen molar-refractivity contribution in [3.8, 4) is 0 Å². The second-order valence-corrected chi connectivity index (χ2v) is 11.3. The van der Waals surface area contributed by atoms with E-state index >= 15 is 0 Å². The zero-order chi connectivity index (χ0) is 20.5. The number of piperidine rings is 1. The Hall–Kier alpha value is -1.05. The quantitative estimate of drug-likeness (QED) is 0.624. The standard InChI is InChI=1S/C18H22BrClN3O4P/c1-28(2,26)27-17-4-3-5-21-16(17)6-11(24)9-23-10-22-15-8-13(19)14(20)7-12(15)18(23)25/h7-8,10,16-17,21H,3-6,9H2,1-2H3. The molecule has 1 aliphatic heterocycles. The number of hydrogen-bond acceptors (Lipinski definition) is 6. The third-order valence-corrected chi connectivity index (χ3v) is 6.55. The number of carbonyl (C=O) groups excluding carboxylic acids is 1. The maximum Gasteiger partial charge on any atom is 0.261 e. The number of ketones is 1. The average molecular weight is 491 g/mol. The zero-order valence-corrected chi connectivity index (χ0v) is 18.9. The van der Waals surface area contributed by atoms with Crippen LogP contribution < -0.4 is 10.9 Å². The molecule has 0 amide bonds. The minimum Gasteiger partial charge on any atom is -0.324 e. The molecule has 1 saturated heterocycles. The van der Waals surface area contributed by atoms with Crippen LogP contribution >= 0.6 is 34.9 Å². The van der Waals surface area contributed by atoms with Crippen LogP contribution in [0.1, 0.15) is 19.3 Å². The van der Waals surface area contributed by atoms with E-state index in [0.717, 1.165) is 19.4 Å². The number of hydrogen-bond donors (Lipinski definition) is 1. The van der Waals surface area contributed by atoms with Gasteiger partial charge in [-0.2, -0.15) is 0 Å². The lowest BCUT2D eigenvalue weighted by Crippen LogP contribution is -2.47. The number of fused-ring (bicyclic) bond motifs is 1. The van der Waals surface area contributed by atoms with E-state index in [2.05, 4.69) is 26.2 Å². The Morgan fingerprint density at radius 3 is 2.93 bits per heavy atom. The van der Waals surface area contributed by atoms with Gasteiger partial charge < -0.3 is 9.84 Å². The smallest absolute Gasteiger partial charge is 0.261 e. The summed E-state index contributed by atoms with van der Waals surface area (Å²) >= 11 is 9.39. The maximum absolute atomic E-state index is 12.7. The molecule has 28 heavy (non-hydrogen) atoms. The van der Waals surface area contributed by atoms with Crippen molar-refractivity contribution in [2.45, 2.75) is 38.0 Å². The van der Waals surface area contributed by atoms with Crippen molar-refractivity contribution in [3.05, 3.63) is 38.3 Å². The normalized spacial score (nSPS) is 20.4. The Kier molecular flexibility index (Phi) is 6.77. The Bertz CT molecular complexity index is 1010. The minimum absolute atomic E-state index is 0.0870. The van der Waals surface area contributed by atoms with E-state index in [1.54, 1.807) is 25.5 Å². The van der Waals surface area contributed by atoms with Crippen molar-refractivity contribution < 1.29 is 13.9 Å². The highest BCUT2D eigenvalue weighted by atomic mass is 79.9. The second-order valence-electron chi connectivity index (χ2n) is 7.30. The molecule has 1 aliphatic rings. The van der Waals surface area contributed by atoms with Gasteiger partial charge in [-0.25, -0.2) is 4.98 Å². The summed E-state index contributed by atoms with van der Waals surface area (Å²) in [6, 6.07) is 3.00. The Labute approximate surface area is 176 Å². The molecule has 2 atom stereocenters. The van der Waals surface area contributed by atoms with Crippen LogP contribution in [-0.2, 0) is 20.4 Å². The van der Waals surface area contributed by atoms with Gasteiger partial charge in [0.2, 0.25) is 0 Å². The van der Waals surface area contributed by atoms with Gasteiger partial charge in [0.05, 0.1) is 34.9 Å². The molecule has 1 aromatic heterocycles. The fraction of sp³-hybridized carbons (Fsp3) is 0.500. The predicted octanol–water partition coefficient (Wildman–Crippen LogP) is 3.45. The lowest BCUT2D eigenvalue weighted by molar-refractivity contribution is -0.120. The van der Waals surface area contributed by atoms with Crippen molar-refractivity contribution in [2.75, 3.05) is 19.9 Å². The predicted molar refractivity (Wildman–Crippen MR) is 114 cm³/mol. The number of Topliss-reactive ketones (excluding diaryl/α,β-unsaturated/α-hetero) is 1. The van der Waals surface area contributed by atoms with E-state index in [1.807, 2.05) is 0 Å². The lowest BCUT2D eigenvalue weighted by Gasteiger charge is -2.33. The fourth-order valence-corrected chi connectivity index (χ4v) is 4.74. The van der Waals surface area contributed by atoms with Crippen molar-refractivity contribution in [1.29, 1.82) is 0 Å². The first-order valence-corrected chi connectivity index (χ1v) is 12.7. The molecule has 0 saturated carbocycles. The highest BCUT2D eigenvalue weighted by molar-refractivity contribution is 9.10. The van der Waals surface area contributed by atoms with Gasteiger partial charge in [-0.3, -0.25) is 18.7 Å². The molecule has 0 radical (unpaired) electrons. The molecule has 152 valence electrons. The molecule has 0 bridgehead atoms. The Morgan fingerprint density at radius 1 is 1.46 bits per heavy atom. The zero-order valence-electron chi connectivity index (χ0n) is 15.7. The summed E-state index contributed by atoms with van der Waals surface area (Å²) in [6.45, 7) is 3.84. The third-order valence-electron chi connectivity index (χ3n) is 4.57. The molecule has 2 unspecified atom stereocenters. The van der Waals surface area contributed by atoms with Crippen LogP contribution in [0.15, 0.2) is 27.7 Å². The lowest BCUT2D eigenvalue weighted by atomic mass is 9.97. The first-order valence-electron chi connectivity index (χ1n) is 8.97. The highest BCUT2D eigenvalue weighted by Crippen LogP contribution is 2.41. The fourth-order valence-electron chi connectivity index (χ4n) is 3.35. The SMILES string of the molecule is CP(C)(=O)OC1CCCNC1CC(=O)Cn1cnc2cc(Br)c(Cl)cc2c1=O. The first-order chi connectivity index (χ1) is 13.1. The Balaban J connectivity index is 1.75. The molecule has 2 heterocycles. The summed E-state index contributed by atoms with van der Waals surface area (Å²) in [7, 11) is -2.66. The van der Waals surface area contributed by atoms with Crippen molar-refractivity contribution in [3.63, 3.8) is 0 Å². The first kappa shape index (κ1) is 21.7. The molecule has 10 heteroatoms. The number of halogens is 2. The van der Waals surface area contributed by atoms with E-state index in [0.29, 0.717) is 20.4 Å². The summed E-state index contributed by atoms with van der Waals surface area (Å²) in [5.41, 5.74) is 0.192. The van der Waals surface area contributed by atoms with Gasteiger partial charge in [0.25, 0.3) is 5.56 Å². The van der Waals surface area contributed by atoms with Gasteiger partial charge in [0, 0.05) is 30.3 Å². The van der Waals surface area contributed by atoms with Crippen molar-refractivity contribution in [2.24, 2.45) is 0 Å². The molecule has 0 spiro atoms. The van der Waals surface area contributed by atoms with Crippen LogP contribution in [0.4, 0.5) is 0 Å². The molecule has 1 aromatic carbocycles. The molecule has 1 fully saturated rings. The van der Waals surface area contributed by atoms with Crippen LogP contribution in [0.3, 0.4) is 0 Å². The van der Waals surface area contributed by atoms with Gasteiger partial charge in [-0.15, -0.1) is 0 Å². The van der Waals surface area contributed by atoms with Gasteiger partial charge in [0.15, 0.2) is 13.2 Å². The number of carbonyl (C=O) groups is 1. The second kappa shape index (κ2) is 8.76. The maximum atomic E-state index is 12.7. The number of nitrogens with zero attached hydrogens (tertiary/aromatic N) is 2. The molecule has 7 nitrogen and oxygen atoms in total. The van der Waals surface area contributed by atoms with E-state index in [1.165, 1.54) is 10.9 Å². The number of aromatic nitrogens is 2. The Morgan fingerprint density at radius 2 is 2.21 bits per heavy atom. The summed E-state index contributed by atoms with van der Waals surface area (Å²) < 4.78 is 19.7. The summed E-state index contributed by atoms with van der Waals surface area (Å²) in [6.07, 6.45) is 2.94. The van der Waals surface area contributed by atoms with E-state index in [9.17, 15) is 14.2 Å². The van der Waals surface area contributed by atoms with Gasteiger partial charge >= 0.3 is 0 Å². The number of rotatable bonds is 6. The van der Waals surface area contributed by atoms with E-state index < -0.39 is 7.37 Å². The van der Waals surface area contributed by atoms with E-state index in [4.69, 9.17) is 16.1 Å². The van der Waals surface area contributed by atoms with Crippen LogP contribution in [0.5, 0.6) is 0 Å². The molecule has 3 rings (SSSR count). The molecular weight excluding hydrogens is 469 g/mol. The third kappa shape index (κ3) is 5.30. The highest BCUT2D eigenvalue weighted by Gasteiger charge is 2.30. The topological polar surface area (TPSA) is 90.3 Å². The van der Waals surface area contributed by atoms with Crippen molar-refractivity contribution in [1.82, 2.24) is 14.9 Å². The van der Waals surface area contributed by atoms with E-state index in [-0.39, 0.29) is 36.5 Å². The van der Waals surface area contributed by atoms with Gasteiger partial charge in [-0.1, -0.05) is 11.6 Å². The molecule has 1 N–H and O–H groups in total. The molecule has 0 aliphatic carbocycles. The average Bonchev–Trinajstić information content (AvgIpc) is 2.60. The summed E-state index contributed by atoms with van der Waals surface area (Å²) in [5, 5.41) is 4.04. The number of benzene rings is 1. The van der Waals surface area contributed by atoms with Crippen molar-refractivity contribution >= 4 is 51.6 Å². The summed E-state index contributed by atoms with van der Waals surface area (Å²) in [5.74, 6) is -0.124. The molecule has 2 aromatic rings. The van der Waals surface area contributed by atoms with Crippen LogP contribution in [-0.4, -0.2) is 47.4 Å². The van der Waals surface area contributed by atoms with Gasteiger partial charge in [0.1, 0.15) is 0 Å². The van der Waals surface area contributed by atoms with Crippen LogP contribution in [0, 0.1) is 0 Å². The van der Waals surface area contributed by atoms with Gasteiger partial charge in [-0.05, 0) is 47.4 Å².